The minimum atomic E-state index is -0.981. The minimum Gasteiger partial charge on any atom is -0.448 e. The van der Waals surface area contributed by atoms with Crippen LogP contribution in [0.4, 0.5) is 5.69 Å². The number of nitrogens with zero attached hydrogens (tertiary/aromatic N) is 3. The van der Waals surface area contributed by atoms with Crippen molar-refractivity contribution in [1.82, 2.24) is 20.0 Å². The molecule has 1 amide bonds. The third-order valence-electron chi connectivity index (χ3n) is 4.35. The summed E-state index contributed by atoms with van der Waals surface area (Å²) in [5.41, 5.74) is 3.77. The molecule has 0 bridgehead atoms. The number of carbonyl (C=O) groups is 2. The molecule has 0 aliphatic carbocycles. The molecule has 0 radical (unpaired) electrons. The molecule has 1 unspecified atom stereocenters. The van der Waals surface area contributed by atoms with E-state index in [-0.39, 0.29) is 5.69 Å². The Labute approximate surface area is 170 Å². The number of hydrogen-bond acceptors (Lipinski definition) is 5. The lowest BCUT2D eigenvalue weighted by molar-refractivity contribution is -0.123. The number of esters is 1. The highest BCUT2D eigenvalue weighted by atomic mass is 79.9. The van der Waals surface area contributed by atoms with Crippen LogP contribution in [0.3, 0.4) is 0 Å². The number of hydrogen-bond donors (Lipinski definition) is 2. The zero-order valence-electron chi connectivity index (χ0n) is 15.9. The van der Waals surface area contributed by atoms with Gasteiger partial charge in [-0.3, -0.25) is 14.6 Å². The number of carbonyl (C=O) groups excluding carboxylic acids is 2. The molecule has 0 fully saturated rings. The number of benzene rings is 1. The quantitative estimate of drug-likeness (QED) is 0.586. The van der Waals surface area contributed by atoms with E-state index < -0.39 is 18.0 Å². The number of anilines is 1. The lowest BCUT2D eigenvalue weighted by Gasteiger charge is -2.13. The second-order valence-electron chi connectivity index (χ2n) is 6.38. The second-order valence-corrected chi connectivity index (χ2v) is 7.30. The normalized spacial score (nSPS) is 11.9. The Morgan fingerprint density at radius 3 is 2.54 bits per heavy atom. The summed E-state index contributed by atoms with van der Waals surface area (Å²) in [6.07, 6.45) is -0.981. The van der Waals surface area contributed by atoms with E-state index in [1.165, 1.54) is 6.92 Å². The maximum atomic E-state index is 12.4. The van der Waals surface area contributed by atoms with Crippen LogP contribution in [-0.4, -0.2) is 38.0 Å². The maximum absolute atomic E-state index is 12.4. The van der Waals surface area contributed by atoms with E-state index in [2.05, 4.69) is 36.5 Å². The topological polar surface area (TPSA) is 102 Å². The summed E-state index contributed by atoms with van der Waals surface area (Å²) in [6.45, 7) is 5.16. The molecule has 2 N–H and O–H groups in total. The molecule has 2 aromatic heterocycles. The van der Waals surface area contributed by atoms with Crippen LogP contribution in [0, 0.1) is 13.8 Å². The molecule has 3 aromatic rings. The predicted octanol–water partition coefficient (Wildman–Crippen LogP) is 3.37. The number of rotatable bonds is 5. The van der Waals surface area contributed by atoms with Crippen LogP contribution in [0.1, 0.15) is 28.8 Å². The van der Waals surface area contributed by atoms with Gasteiger partial charge in [0.25, 0.3) is 5.91 Å². The van der Waals surface area contributed by atoms with Gasteiger partial charge in [0.15, 0.2) is 6.10 Å². The minimum absolute atomic E-state index is 0.173. The second kappa shape index (κ2) is 7.97. The van der Waals surface area contributed by atoms with Gasteiger partial charge in [0.05, 0.1) is 22.8 Å². The van der Waals surface area contributed by atoms with Gasteiger partial charge in [-0.15, -0.1) is 0 Å². The first-order chi connectivity index (χ1) is 13.3. The molecular weight excluding hydrogens is 426 g/mol. The molecule has 1 atom stereocenters. The van der Waals surface area contributed by atoms with E-state index in [0.717, 1.165) is 15.7 Å². The van der Waals surface area contributed by atoms with Crippen LogP contribution in [0.25, 0.3) is 11.3 Å². The Balaban J connectivity index is 1.65. The molecule has 9 heteroatoms. The van der Waals surface area contributed by atoms with E-state index in [1.54, 1.807) is 24.7 Å². The Morgan fingerprint density at radius 1 is 1.25 bits per heavy atom. The fourth-order valence-corrected chi connectivity index (χ4v) is 2.92. The fourth-order valence-electron chi connectivity index (χ4n) is 2.65. The molecule has 0 saturated heterocycles. The zero-order chi connectivity index (χ0) is 20.4. The van der Waals surface area contributed by atoms with Crippen molar-refractivity contribution in [2.45, 2.75) is 26.9 Å². The van der Waals surface area contributed by atoms with E-state index in [9.17, 15) is 9.59 Å². The number of nitrogens with one attached hydrogen (secondary N) is 2. The number of aryl methyl sites for hydroxylation is 2. The van der Waals surface area contributed by atoms with Crippen molar-refractivity contribution in [1.29, 1.82) is 0 Å². The first-order valence-corrected chi connectivity index (χ1v) is 9.39. The summed E-state index contributed by atoms with van der Waals surface area (Å²) in [4.78, 5) is 24.7. The van der Waals surface area contributed by atoms with Crippen molar-refractivity contribution in [2.24, 2.45) is 7.05 Å². The van der Waals surface area contributed by atoms with E-state index in [1.807, 2.05) is 31.2 Å². The highest BCUT2D eigenvalue weighted by Gasteiger charge is 2.22. The molecule has 0 saturated carbocycles. The Bertz CT molecular complexity index is 1020. The van der Waals surface area contributed by atoms with Gasteiger partial charge in [0.2, 0.25) is 0 Å². The molecule has 146 valence electrons. The van der Waals surface area contributed by atoms with Crippen LogP contribution in [-0.2, 0) is 16.6 Å². The predicted molar refractivity (Wildman–Crippen MR) is 108 cm³/mol. The smallest absolute Gasteiger partial charge is 0.357 e. The van der Waals surface area contributed by atoms with Gasteiger partial charge in [-0.25, -0.2) is 4.79 Å². The van der Waals surface area contributed by atoms with Crippen LogP contribution < -0.4 is 5.32 Å². The van der Waals surface area contributed by atoms with Crippen molar-refractivity contribution in [3.63, 3.8) is 0 Å². The molecule has 2 heterocycles. The van der Waals surface area contributed by atoms with Crippen molar-refractivity contribution < 1.29 is 14.3 Å². The molecule has 0 aliphatic heterocycles. The van der Waals surface area contributed by atoms with Gasteiger partial charge in [-0.2, -0.15) is 10.2 Å². The van der Waals surface area contributed by atoms with Gasteiger partial charge in [-0.1, -0.05) is 28.1 Å². The summed E-state index contributed by atoms with van der Waals surface area (Å²) in [7, 11) is 1.79. The van der Waals surface area contributed by atoms with Crippen molar-refractivity contribution in [3.05, 3.63) is 51.9 Å². The van der Waals surface area contributed by atoms with Gasteiger partial charge in [0.1, 0.15) is 5.69 Å². The summed E-state index contributed by atoms with van der Waals surface area (Å²) < 4.78 is 7.89. The molecule has 8 nitrogen and oxygen atoms in total. The number of aromatic amines is 1. The average molecular weight is 446 g/mol. The lowest BCUT2D eigenvalue weighted by atomic mass is 10.1. The standard InChI is InChI=1S/C19H20BrN5O3/c1-10-17(11(2)25(4)24-10)21-18(26)12(3)28-19(27)16-9-15(22-23-16)13-5-7-14(20)8-6-13/h5-9,12H,1-4H3,(H,21,26)(H,22,23). The maximum Gasteiger partial charge on any atom is 0.357 e. The monoisotopic (exact) mass is 445 g/mol. The first-order valence-electron chi connectivity index (χ1n) is 8.59. The summed E-state index contributed by atoms with van der Waals surface area (Å²) in [5.74, 6) is -1.08. The molecular formula is C19H20BrN5O3. The summed E-state index contributed by atoms with van der Waals surface area (Å²) in [5, 5.41) is 13.8. The SMILES string of the molecule is Cc1nn(C)c(C)c1NC(=O)C(C)OC(=O)c1cc(-c2ccc(Br)cc2)n[nH]1. The molecule has 28 heavy (non-hydrogen) atoms. The summed E-state index contributed by atoms with van der Waals surface area (Å²) >= 11 is 3.38. The largest absolute Gasteiger partial charge is 0.448 e. The zero-order valence-corrected chi connectivity index (χ0v) is 17.5. The van der Waals surface area contributed by atoms with Crippen molar-refractivity contribution >= 4 is 33.5 Å². The van der Waals surface area contributed by atoms with Gasteiger partial charge >= 0.3 is 5.97 Å². The highest BCUT2D eigenvalue weighted by Crippen LogP contribution is 2.21. The number of H-pyrrole nitrogens is 1. The van der Waals surface area contributed by atoms with Crippen molar-refractivity contribution in [3.8, 4) is 11.3 Å². The van der Waals surface area contributed by atoms with Crippen molar-refractivity contribution in [2.75, 3.05) is 5.32 Å². The van der Waals surface area contributed by atoms with Crippen LogP contribution in [0.5, 0.6) is 0 Å². The summed E-state index contributed by atoms with van der Waals surface area (Å²) in [6, 6.07) is 9.12. The van der Waals surface area contributed by atoms with E-state index >= 15 is 0 Å². The number of ether oxygens (including phenoxy) is 1. The van der Waals surface area contributed by atoms with Crippen LogP contribution >= 0.6 is 15.9 Å². The third-order valence-corrected chi connectivity index (χ3v) is 4.88. The third kappa shape index (κ3) is 4.14. The molecule has 0 aliphatic rings. The fraction of sp³-hybridized carbons (Fsp3) is 0.263. The van der Waals surface area contributed by atoms with E-state index in [0.29, 0.717) is 17.1 Å². The molecule has 1 aromatic carbocycles. The van der Waals surface area contributed by atoms with Gasteiger partial charge in [0, 0.05) is 17.1 Å². The number of amides is 1. The highest BCUT2D eigenvalue weighted by molar-refractivity contribution is 9.10. The number of aromatic nitrogens is 4. The van der Waals surface area contributed by atoms with Gasteiger partial charge < -0.3 is 10.1 Å². The number of halogens is 1. The molecule has 0 spiro atoms. The van der Waals surface area contributed by atoms with Crippen LogP contribution in [0.15, 0.2) is 34.8 Å². The van der Waals surface area contributed by atoms with E-state index in [4.69, 9.17) is 4.74 Å². The average Bonchev–Trinajstić information content (AvgIpc) is 3.23. The first kappa shape index (κ1) is 19.8. The Kier molecular flexibility index (Phi) is 5.64. The Morgan fingerprint density at radius 2 is 1.93 bits per heavy atom. The van der Waals surface area contributed by atoms with Crippen LogP contribution in [0.2, 0.25) is 0 Å². The van der Waals surface area contributed by atoms with Gasteiger partial charge in [-0.05, 0) is 39.0 Å². The molecule has 3 rings (SSSR count). The Hall–Kier alpha value is -2.94. The lowest BCUT2D eigenvalue weighted by Crippen LogP contribution is -2.30.